The fourth-order valence-corrected chi connectivity index (χ4v) is 6.02. The Morgan fingerprint density at radius 3 is 2.59 bits per heavy atom. The lowest BCUT2D eigenvalue weighted by Gasteiger charge is -2.39. The Kier molecular flexibility index (Phi) is 7.31. The van der Waals surface area contributed by atoms with Crippen LogP contribution < -0.4 is 5.73 Å². The van der Waals surface area contributed by atoms with Crippen molar-refractivity contribution in [3.63, 3.8) is 0 Å². The number of piperidine rings is 1. The molecule has 3 aromatic rings. The van der Waals surface area contributed by atoms with Gasteiger partial charge in [-0.2, -0.15) is 0 Å². The zero-order valence-electron chi connectivity index (χ0n) is 19.8. The Balaban J connectivity index is 0.00000274. The summed E-state index contributed by atoms with van der Waals surface area (Å²) in [6.07, 6.45) is 5.55. The maximum absolute atomic E-state index is 14.7. The zero-order chi connectivity index (χ0) is 23.1. The number of nitrogens with two attached hydrogens (primary N) is 1. The van der Waals surface area contributed by atoms with Crippen LogP contribution in [0.5, 0.6) is 0 Å². The van der Waals surface area contributed by atoms with Crippen LogP contribution in [0.25, 0.3) is 10.9 Å². The molecular weight excluding hydrogens is 453 g/mol. The highest BCUT2D eigenvalue weighted by molar-refractivity contribution is 6.08. The molecule has 3 atom stereocenters. The molecule has 0 spiro atoms. The molecule has 2 fully saturated rings. The number of fused-ring (bicyclic) bond motifs is 3. The van der Waals surface area contributed by atoms with Gasteiger partial charge >= 0.3 is 0 Å². The maximum atomic E-state index is 14.7. The van der Waals surface area contributed by atoms with E-state index < -0.39 is 0 Å². The molecule has 1 aromatic heterocycles. The minimum absolute atomic E-state index is 0. The van der Waals surface area contributed by atoms with Crippen molar-refractivity contribution in [2.24, 2.45) is 5.73 Å². The molecule has 34 heavy (non-hydrogen) atoms. The van der Waals surface area contributed by atoms with E-state index in [0.29, 0.717) is 19.7 Å². The van der Waals surface area contributed by atoms with E-state index in [9.17, 15) is 9.18 Å². The molecule has 2 bridgehead atoms. The van der Waals surface area contributed by atoms with Crippen LogP contribution >= 0.6 is 12.4 Å². The number of nitrogens with zero attached hydrogens (tertiary/aromatic N) is 2. The average molecular weight is 486 g/mol. The van der Waals surface area contributed by atoms with Crippen LogP contribution in [-0.4, -0.2) is 41.2 Å². The van der Waals surface area contributed by atoms with Crippen molar-refractivity contribution >= 4 is 29.2 Å². The van der Waals surface area contributed by atoms with Gasteiger partial charge in [-0.15, -0.1) is 12.4 Å². The summed E-state index contributed by atoms with van der Waals surface area (Å²) < 4.78 is 22.1. The number of hydrogen-bond donors (Lipinski definition) is 1. The van der Waals surface area contributed by atoms with Crippen LogP contribution in [0, 0.1) is 12.7 Å². The van der Waals surface area contributed by atoms with Gasteiger partial charge in [-0.25, -0.2) is 4.39 Å². The molecule has 5 nitrogen and oxygen atoms in total. The SMILES string of the molecule is COCCn1cc(C(=O)N2[C@@H]3CC[C@H]2CC(c2cc(CN)ccc2F)C3)c2cccc(C)c21.Cl. The van der Waals surface area contributed by atoms with E-state index in [1.165, 1.54) is 6.07 Å². The third-order valence-corrected chi connectivity index (χ3v) is 7.57. The number of carbonyl (C=O) groups excluding carboxylic acids is 1. The second kappa shape index (κ2) is 10.1. The number of benzene rings is 2. The van der Waals surface area contributed by atoms with Crippen molar-refractivity contribution in [2.45, 2.75) is 63.7 Å². The molecule has 5 rings (SSSR count). The molecule has 2 saturated heterocycles. The molecule has 7 heteroatoms. The van der Waals surface area contributed by atoms with Crippen LogP contribution in [0.4, 0.5) is 4.39 Å². The number of methoxy groups -OCH3 is 1. The molecular formula is C27H33ClFN3O2. The van der Waals surface area contributed by atoms with E-state index in [2.05, 4.69) is 22.5 Å². The zero-order valence-corrected chi connectivity index (χ0v) is 20.6. The second-order valence-corrected chi connectivity index (χ2v) is 9.53. The molecule has 2 aliphatic rings. The summed E-state index contributed by atoms with van der Waals surface area (Å²) in [4.78, 5) is 16.0. The number of aryl methyl sites for hydroxylation is 1. The summed E-state index contributed by atoms with van der Waals surface area (Å²) in [5.74, 6) is 0.0697. The van der Waals surface area contributed by atoms with Crippen molar-refractivity contribution in [3.8, 4) is 0 Å². The first kappa shape index (κ1) is 24.7. The van der Waals surface area contributed by atoms with Gasteiger partial charge in [0.05, 0.1) is 17.7 Å². The smallest absolute Gasteiger partial charge is 0.256 e. The monoisotopic (exact) mass is 485 g/mol. The Morgan fingerprint density at radius 2 is 1.91 bits per heavy atom. The van der Waals surface area contributed by atoms with E-state index in [0.717, 1.165) is 58.8 Å². The van der Waals surface area contributed by atoms with Gasteiger partial charge in [0.25, 0.3) is 5.91 Å². The predicted molar refractivity (Wildman–Crippen MR) is 135 cm³/mol. The number of hydrogen-bond acceptors (Lipinski definition) is 3. The van der Waals surface area contributed by atoms with E-state index in [1.54, 1.807) is 13.2 Å². The van der Waals surface area contributed by atoms with Crippen molar-refractivity contribution in [2.75, 3.05) is 13.7 Å². The minimum atomic E-state index is -0.159. The fraction of sp³-hybridized carbons (Fsp3) is 0.444. The molecule has 2 aliphatic heterocycles. The summed E-state index contributed by atoms with van der Waals surface area (Å²) in [6.45, 7) is 3.79. The highest BCUT2D eigenvalue weighted by atomic mass is 35.5. The van der Waals surface area contributed by atoms with E-state index >= 15 is 0 Å². The Morgan fingerprint density at radius 1 is 1.18 bits per heavy atom. The molecule has 0 aliphatic carbocycles. The largest absolute Gasteiger partial charge is 0.383 e. The Bertz CT molecular complexity index is 1180. The van der Waals surface area contributed by atoms with Crippen molar-refractivity contribution < 1.29 is 13.9 Å². The first-order valence-corrected chi connectivity index (χ1v) is 11.9. The number of ether oxygens (including phenoxy) is 1. The molecule has 1 unspecified atom stereocenters. The van der Waals surface area contributed by atoms with Gasteiger partial charge in [-0.05, 0) is 61.3 Å². The minimum Gasteiger partial charge on any atom is -0.383 e. The van der Waals surface area contributed by atoms with E-state index in [1.807, 2.05) is 24.4 Å². The van der Waals surface area contributed by atoms with Gasteiger partial charge in [0.1, 0.15) is 5.82 Å². The van der Waals surface area contributed by atoms with Crippen molar-refractivity contribution in [1.82, 2.24) is 9.47 Å². The summed E-state index contributed by atoms with van der Waals surface area (Å²) in [6, 6.07) is 11.6. The molecule has 1 amide bonds. The number of para-hydroxylation sites is 1. The number of rotatable bonds is 6. The average Bonchev–Trinajstić information content (AvgIpc) is 3.32. The fourth-order valence-electron chi connectivity index (χ4n) is 6.02. The Hall–Kier alpha value is -2.41. The van der Waals surface area contributed by atoms with Gasteiger partial charge in [0.15, 0.2) is 0 Å². The van der Waals surface area contributed by atoms with Crippen LogP contribution in [0.15, 0.2) is 42.6 Å². The number of amides is 1. The maximum Gasteiger partial charge on any atom is 0.256 e. The van der Waals surface area contributed by atoms with Crippen molar-refractivity contribution in [3.05, 3.63) is 70.7 Å². The van der Waals surface area contributed by atoms with E-state index in [4.69, 9.17) is 10.5 Å². The lowest BCUT2D eigenvalue weighted by molar-refractivity contribution is 0.0572. The van der Waals surface area contributed by atoms with Crippen LogP contribution in [-0.2, 0) is 17.8 Å². The first-order chi connectivity index (χ1) is 16.0. The van der Waals surface area contributed by atoms with Gasteiger partial charge in [-0.3, -0.25) is 4.79 Å². The van der Waals surface area contributed by atoms with Crippen LogP contribution in [0.3, 0.4) is 0 Å². The molecule has 0 saturated carbocycles. The van der Waals surface area contributed by atoms with Gasteiger partial charge in [0.2, 0.25) is 0 Å². The summed E-state index contributed by atoms with van der Waals surface area (Å²) in [5, 5.41) is 0.999. The lowest BCUT2D eigenvalue weighted by atomic mass is 9.84. The highest BCUT2D eigenvalue weighted by Gasteiger charge is 2.44. The second-order valence-electron chi connectivity index (χ2n) is 9.53. The molecule has 182 valence electrons. The summed E-state index contributed by atoms with van der Waals surface area (Å²) >= 11 is 0. The molecule has 2 N–H and O–H groups in total. The number of aromatic nitrogens is 1. The third-order valence-electron chi connectivity index (χ3n) is 7.57. The topological polar surface area (TPSA) is 60.5 Å². The predicted octanol–water partition coefficient (Wildman–Crippen LogP) is 5.17. The van der Waals surface area contributed by atoms with Crippen molar-refractivity contribution in [1.29, 1.82) is 0 Å². The lowest BCUT2D eigenvalue weighted by Crippen LogP contribution is -2.46. The molecule has 0 radical (unpaired) electrons. The number of halogens is 2. The van der Waals surface area contributed by atoms with E-state index in [-0.39, 0.29) is 42.1 Å². The first-order valence-electron chi connectivity index (χ1n) is 11.9. The third kappa shape index (κ3) is 4.23. The normalized spacial score (nSPS) is 21.6. The van der Waals surface area contributed by atoms with Crippen LogP contribution in [0.1, 0.15) is 58.6 Å². The van der Waals surface area contributed by atoms with Gasteiger partial charge in [-0.1, -0.05) is 30.3 Å². The summed E-state index contributed by atoms with van der Waals surface area (Å²) in [5.41, 5.74) is 10.5. The highest BCUT2D eigenvalue weighted by Crippen LogP contribution is 2.45. The summed E-state index contributed by atoms with van der Waals surface area (Å²) in [7, 11) is 1.69. The number of carbonyl (C=O) groups is 1. The van der Waals surface area contributed by atoms with Gasteiger partial charge < -0.3 is 19.9 Å². The molecule has 2 aromatic carbocycles. The Labute approximate surface area is 206 Å². The van der Waals surface area contributed by atoms with Crippen LogP contribution in [0.2, 0.25) is 0 Å². The van der Waals surface area contributed by atoms with Gasteiger partial charge in [0, 0.05) is 43.9 Å². The standard InChI is InChI=1S/C27H32FN3O2.ClH/c1-17-4-3-5-22-24(16-30(26(17)22)10-11-33-2)27(32)31-20-7-8-21(31)14-19(13-20)23-12-18(15-29)6-9-25(23)28;/h3-6,9,12,16,19-21H,7-8,10-11,13-15,29H2,1-2H3;1H/t19?,20-,21+;. The molecule has 3 heterocycles. The quantitative estimate of drug-likeness (QED) is 0.524.